The molecule has 0 heterocycles. The highest BCUT2D eigenvalue weighted by molar-refractivity contribution is 5.77. The highest BCUT2D eigenvalue weighted by Gasteiger charge is 1.86. The van der Waals surface area contributed by atoms with Gasteiger partial charge in [-0.2, -0.15) is 0 Å². The summed E-state index contributed by atoms with van der Waals surface area (Å²) in [5.41, 5.74) is 8.87. The molecular weight excluding hydrogens is 128 g/mol. The van der Waals surface area contributed by atoms with Crippen LogP contribution in [0.5, 0.6) is 0 Å². The summed E-state index contributed by atoms with van der Waals surface area (Å²) in [6.45, 7) is 0. The van der Waals surface area contributed by atoms with Gasteiger partial charge < -0.3 is 16.9 Å². The first-order valence-electron chi connectivity index (χ1n) is 1.63. The number of amides is 4. The fourth-order valence-electron chi connectivity index (χ4n) is 0.0986. The van der Waals surface area contributed by atoms with Crippen LogP contribution in [0.3, 0.4) is 0 Å². The molecule has 9 heavy (non-hydrogen) atoms. The fourth-order valence-corrected chi connectivity index (χ4v) is 0.0986. The Morgan fingerprint density at radius 2 is 1.22 bits per heavy atom. The van der Waals surface area contributed by atoms with Gasteiger partial charge >= 0.3 is 12.1 Å². The first-order valence-corrected chi connectivity index (χ1v) is 1.63. The quantitative estimate of drug-likeness (QED) is 0.400. The molecule has 52 valence electrons. The minimum Gasteiger partial charge on any atom is -0.412 e. The number of nitrogens with two attached hydrogens (primary N) is 2. The number of hydrogen-bond acceptors (Lipinski definition) is 2. The van der Waals surface area contributed by atoms with E-state index in [1.165, 1.54) is 0 Å². The SMILES string of the molecule is NC(=O)/N=N/C(N)=O.O. The van der Waals surface area contributed by atoms with Crippen molar-refractivity contribution >= 4 is 12.1 Å². The lowest BCUT2D eigenvalue weighted by molar-refractivity contribution is 0.249. The van der Waals surface area contributed by atoms with Crippen molar-refractivity contribution in [2.45, 2.75) is 0 Å². The van der Waals surface area contributed by atoms with E-state index < -0.39 is 12.1 Å². The standard InChI is InChI=1S/C2H4N4O2.H2O/c3-1(7)5-6-2(4)8;/h(H2,3,7)(H2,4,8);1H2/b6-5+;. The number of hydrogen-bond donors (Lipinski definition) is 2. The number of azo groups is 1. The van der Waals surface area contributed by atoms with Crippen molar-refractivity contribution in [3.63, 3.8) is 0 Å². The summed E-state index contributed by atoms with van der Waals surface area (Å²) < 4.78 is 0. The lowest BCUT2D eigenvalue weighted by Gasteiger charge is -1.74. The van der Waals surface area contributed by atoms with E-state index in [9.17, 15) is 9.59 Å². The Morgan fingerprint density at radius 1 is 1.00 bits per heavy atom. The molecule has 0 bridgehead atoms. The molecule has 0 unspecified atom stereocenters. The van der Waals surface area contributed by atoms with E-state index in [0.29, 0.717) is 0 Å². The summed E-state index contributed by atoms with van der Waals surface area (Å²) in [7, 11) is 0. The van der Waals surface area contributed by atoms with Crippen molar-refractivity contribution in [2.75, 3.05) is 0 Å². The molecule has 0 aliphatic rings. The number of nitrogens with zero attached hydrogens (tertiary/aromatic N) is 2. The predicted octanol–water partition coefficient (Wildman–Crippen LogP) is -1.23. The molecule has 0 spiro atoms. The van der Waals surface area contributed by atoms with Gasteiger partial charge in [-0.15, -0.1) is 0 Å². The Hall–Kier alpha value is -1.50. The molecule has 0 aromatic heterocycles. The monoisotopic (exact) mass is 134 g/mol. The maximum atomic E-state index is 9.66. The van der Waals surface area contributed by atoms with Gasteiger partial charge in [-0.3, -0.25) is 0 Å². The molecule has 7 nitrogen and oxygen atoms in total. The third-order valence-electron chi connectivity index (χ3n) is 0.247. The Kier molecular flexibility index (Phi) is 5.42. The molecule has 0 fully saturated rings. The third-order valence-corrected chi connectivity index (χ3v) is 0.247. The molecule has 0 atom stereocenters. The Morgan fingerprint density at radius 3 is 1.33 bits per heavy atom. The van der Waals surface area contributed by atoms with Gasteiger partial charge in [-0.05, 0) is 0 Å². The van der Waals surface area contributed by atoms with Gasteiger partial charge in [0.1, 0.15) is 0 Å². The maximum Gasteiger partial charge on any atom is 0.357 e. The van der Waals surface area contributed by atoms with Crippen LogP contribution in [0.4, 0.5) is 9.59 Å². The number of urea groups is 2. The predicted molar refractivity (Wildman–Crippen MR) is 27.6 cm³/mol. The summed E-state index contributed by atoms with van der Waals surface area (Å²) in [6.07, 6.45) is 0. The van der Waals surface area contributed by atoms with Crippen LogP contribution in [0.15, 0.2) is 10.2 Å². The lowest BCUT2D eigenvalue weighted by Crippen LogP contribution is -2.07. The minimum atomic E-state index is -1.04. The van der Waals surface area contributed by atoms with Crippen LogP contribution >= 0.6 is 0 Å². The highest BCUT2D eigenvalue weighted by Crippen LogP contribution is 1.72. The van der Waals surface area contributed by atoms with Crippen molar-refractivity contribution in [3.05, 3.63) is 0 Å². The van der Waals surface area contributed by atoms with Crippen molar-refractivity contribution in [1.29, 1.82) is 0 Å². The topological polar surface area (TPSA) is 142 Å². The van der Waals surface area contributed by atoms with E-state index in [-0.39, 0.29) is 5.48 Å². The summed E-state index contributed by atoms with van der Waals surface area (Å²) in [5.74, 6) is 0. The van der Waals surface area contributed by atoms with Gasteiger partial charge in [-0.1, -0.05) is 10.2 Å². The largest absolute Gasteiger partial charge is 0.412 e. The molecular formula is C2H6N4O3. The molecule has 0 saturated heterocycles. The molecule has 7 heteroatoms. The molecule has 0 aliphatic carbocycles. The minimum absolute atomic E-state index is 0. The first kappa shape index (κ1) is 10.5. The van der Waals surface area contributed by atoms with Gasteiger partial charge in [0.25, 0.3) is 0 Å². The average Bonchev–Trinajstić information content (AvgIpc) is 1.61. The molecule has 0 rings (SSSR count). The Bertz CT molecular complexity index is 125. The molecule has 6 N–H and O–H groups in total. The molecule has 0 radical (unpaired) electrons. The van der Waals surface area contributed by atoms with Crippen LogP contribution in [0.2, 0.25) is 0 Å². The Labute approximate surface area is 50.0 Å². The van der Waals surface area contributed by atoms with Crippen molar-refractivity contribution in [2.24, 2.45) is 21.7 Å². The Balaban J connectivity index is 0. The molecule has 0 aromatic rings. The van der Waals surface area contributed by atoms with Crippen LogP contribution in [-0.4, -0.2) is 17.5 Å². The number of primary amides is 2. The van der Waals surface area contributed by atoms with Crippen LogP contribution in [0.25, 0.3) is 0 Å². The van der Waals surface area contributed by atoms with Crippen molar-refractivity contribution < 1.29 is 15.1 Å². The normalized spacial score (nSPS) is 8.44. The number of carbonyl (C=O) groups excluding carboxylic acids is 2. The van der Waals surface area contributed by atoms with Crippen LogP contribution in [0, 0.1) is 0 Å². The maximum absolute atomic E-state index is 9.66. The number of carbonyl (C=O) groups is 2. The fraction of sp³-hybridized carbons (Fsp3) is 0. The van der Waals surface area contributed by atoms with Gasteiger partial charge in [0.05, 0.1) is 0 Å². The van der Waals surface area contributed by atoms with Gasteiger partial charge in [0.15, 0.2) is 0 Å². The second-order valence-electron chi connectivity index (χ2n) is 0.876. The smallest absolute Gasteiger partial charge is 0.357 e. The molecule has 4 amide bonds. The summed E-state index contributed by atoms with van der Waals surface area (Å²) >= 11 is 0. The van der Waals surface area contributed by atoms with E-state index in [1.54, 1.807) is 0 Å². The van der Waals surface area contributed by atoms with Gasteiger partial charge in [0, 0.05) is 0 Å². The average molecular weight is 134 g/mol. The van der Waals surface area contributed by atoms with Crippen LogP contribution in [0.1, 0.15) is 0 Å². The van der Waals surface area contributed by atoms with Gasteiger partial charge in [-0.25, -0.2) is 9.59 Å². The summed E-state index contributed by atoms with van der Waals surface area (Å²) in [5, 5.41) is 5.23. The van der Waals surface area contributed by atoms with E-state index >= 15 is 0 Å². The summed E-state index contributed by atoms with van der Waals surface area (Å²) in [6, 6.07) is -2.08. The van der Waals surface area contributed by atoms with E-state index in [0.717, 1.165) is 0 Å². The van der Waals surface area contributed by atoms with Gasteiger partial charge in [0.2, 0.25) is 0 Å². The number of rotatable bonds is 0. The third kappa shape index (κ3) is 10.7. The lowest BCUT2D eigenvalue weighted by atomic mass is 11.1. The molecule has 0 saturated carbocycles. The van der Waals surface area contributed by atoms with E-state index in [4.69, 9.17) is 0 Å². The molecule has 0 aliphatic heterocycles. The van der Waals surface area contributed by atoms with Crippen molar-refractivity contribution in [1.82, 2.24) is 0 Å². The second-order valence-corrected chi connectivity index (χ2v) is 0.876. The zero-order valence-electron chi connectivity index (χ0n) is 4.37. The summed E-state index contributed by atoms with van der Waals surface area (Å²) in [4.78, 5) is 19.3. The second kappa shape index (κ2) is 4.65. The molecule has 0 aromatic carbocycles. The zero-order chi connectivity index (χ0) is 6.57. The zero-order valence-corrected chi connectivity index (χ0v) is 4.37. The van der Waals surface area contributed by atoms with Crippen molar-refractivity contribution in [3.8, 4) is 0 Å². The van der Waals surface area contributed by atoms with Crippen LogP contribution < -0.4 is 11.5 Å². The first-order chi connectivity index (χ1) is 3.63. The van der Waals surface area contributed by atoms with E-state index in [1.807, 2.05) is 0 Å². The highest BCUT2D eigenvalue weighted by atomic mass is 16.2. The van der Waals surface area contributed by atoms with Crippen LogP contribution in [-0.2, 0) is 0 Å². The van der Waals surface area contributed by atoms with E-state index in [2.05, 4.69) is 21.7 Å².